The minimum absolute atomic E-state index is 0.227. The minimum Gasteiger partial charge on any atom is -0.362 e. The highest BCUT2D eigenvalue weighted by atomic mass is 16.2. The molecule has 0 radical (unpaired) electrons. The van der Waals surface area contributed by atoms with Crippen molar-refractivity contribution in [3.05, 3.63) is 65.2 Å². The molecular formula is C19H21N3O2. The molecule has 1 heterocycles. The Morgan fingerprint density at radius 3 is 2.75 bits per heavy atom. The Bertz CT molecular complexity index is 758. The van der Waals surface area contributed by atoms with E-state index in [0.29, 0.717) is 5.56 Å². The zero-order chi connectivity index (χ0) is 16.9. The maximum Gasteiger partial charge on any atom is 0.269 e. The summed E-state index contributed by atoms with van der Waals surface area (Å²) < 4.78 is 0. The van der Waals surface area contributed by atoms with Crippen LogP contribution in [0.15, 0.2) is 48.5 Å². The number of carbonyl (C=O) groups is 2. The summed E-state index contributed by atoms with van der Waals surface area (Å²) in [4.78, 5) is 26.3. The highest BCUT2D eigenvalue weighted by molar-refractivity contribution is 5.95. The number of fused-ring (bicyclic) bond motifs is 1. The standard InChI is InChI=1S/C19H21N3O2/c1-14-6-4-8-16(12-14)19(24)21-20-18(23)13-22-11-5-9-15-7-2-3-10-17(15)22/h2-4,6-8,10,12H,5,9,11,13H2,1H3,(H,20,23)(H,21,24). The van der Waals surface area contributed by atoms with Crippen LogP contribution in [0.25, 0.3) is 0 Å². The lowest BCUT2D eigenvalue weighted by Crippen LogP contribution is -2.47. The van der Waals surface area contributed by atoms with Crippen molar-refractivity contribution in [3.63, 3.8) is 0 Å². The number of nitrogens with one attached hydrogen (secondary N) is 2. The number of hydrogen-bond donors (Lipinski definition) is 2. The van der Waals surface area contributed by atoms with E-state index in [1.54, 1.807) is 12.1 Å². The molecule has 2 aromatic carbocycles. The summed E-state index contributed by atoms with van der Waals surface area (Å²) in [6.45, 7) is 2.99. The van der Waals surface area contributed by atoms with Gasteiger partial charge in [0.1, 0.15) is 0 Å². The maximum atomic E-state index is 12.2. The van der Waals surface area contributed by atoms with Gasteiger partial charge in [-0.3, -0.25) is 20.4 Å². The molecular weight excluding hydrogens is 302 g/mol. The van der Waals surface area contributed by atoms with Crippen LogP contribution >= 0.6 is 0 Å². The molecule has 5 nitrogen and oxygen atoms in total. The van der Waals surface area contributed by atoms with Gasteiger partial charge in [-0.25, -0.2) is 0 Å². The third kappa shape index (κ3) is 3.74. The lowest BCUT2D eigenvalue weighted by Gasteiger charge is -2.30. The highest BCUT2D eigenvalue weighted by Crippen LogP contribution is 2.26. The van der Waals surface area contributed by atoms with E-state index in [-0.39, 0.29) is 18.4 Å². The molecule has 1 aliphatic rings. The average Bonchev–Trinajstić information content (AvgIpc) is 2.60. The average molecular weight is 323 g/mol. The molecule has 1 aliphatic heterocycles. The van der Waals surface area contributed by atoms with Gasteiger partial charge in [0.05, 0.1) is 6.54 Å². The van der Waals surface area contributed by atoms with Crippen molar-refractivity contribution in [2.75, 3.05) is 18.0 Å². The first-order valence-electron chi connectivity index (χ1n) is 8.12. The predicted octanol–water partition coefficient (Wildman–Crippen LogP) is 2.21. The number of aryl methyl sites for hydroxylation is 2. The summed E-state index contributed by atoms with van der Waals surface area (Å²) in [5, 5.41) is 0. The SMILES string of the molecule is Cc1cccc(C(=O)NNC(=O)CN2CCCc3ccccc32)c1. The van der Waals surface area contributed by atoms with Gasteiger partial charge in [0.2, 0.25) is 0 Å². The van der Waals surface area contributed by atoms with Gasteiger partial charge in [-0.2, -0.15) is 0 Å². The number of hydrogen-bond acceptors (Lipinski definition) is 3. The van der Waals surface area contributed by atoms with E-state index in [1.807, 2.05) is 42.2 Å². The van der Waals surface area contributed by atoms with Crippen LogP contribution in [0.5, 0.6) is 0 Å². The Kier molecular flexibility index (Phi) is 4.79. The molecule has 5 heteroatoms. The van der Waals surface area contributed by atoms with Crippen LogP contribution in [-0.2, 0) is 11.2 Å². The van der Waals surface area contributed by atoms with E-state index < -0.39 is 0 Å². The van der Waals surface area contributed by atoms with Crippen LogP contribution < -0.4 is 15.8 Å². The largest absolute Gasteiger partial charge is 0.362 e. The van der Waals surface area contributed by atoms with Crippen LogP contribution in [0.2, 0.25) is 0 Å². The van der Waals surface area contributed by atoms with Crippen molar-refractivity contribution >= 4 is 17.5 Å². The molecule has 0 bridgehead atoms. The summed E-state index contributed by atoms with van der Waals surface area (Å²) >= 11 is 0. The molecule has 24 heavy (non-hydrogen) atoms. The number of carbonyl (C=O) groups excluding carboxylic acids is 2. The number of nitrogens with zero attached hydrogens (tertiary/aromatic N) is 1. The third-order valence-corrected chi connectivity index (χ3v) is 4.14. The fourth-order valence-corrected chi connectivity index (χ4v) is 2.97. The number of amides is 2. The second-order valence-electron chi connectivity index (χ2n) is 6.03. The number of benzene rings is 2. The summed E-state index contributed by atoms with van der Waals surface area (Å²) in [6, 6.07) is 15.4. The Labute approximate surface area is 141 Å². The highest BCUT2D eigenvalue weighted by Gasteiger charge is 2.18. The molecule has 2 aromatic rings. The van der Waals surface area contributed by atoms with Crippen LogP contribution in [-0.4, -0.2) is 24.9 Å². The van der Waals surface area contributed by atoms with Crippen molar-refractivity contribution < 1.29 is 9.59 Å². The van der Waals surface area contributed by atoms with Crippen LogP contribution in [0.1, 0.15) is 27.9 Å². The number of para-hydroxylation sites is 1. The Morgan fingerprint density at radius 1 is 1.08 bits per heavy atom. The van der Waals surface area contributed by atoms with E-state index in [0.717, 1.165) is 30.6 Å². The molecule has 0 fully saturated rings. The topological polar surface area (TPSA) is 61.4 Å². The third-order valence-electron chi connectivity index (χ3n) is 4.14. The van der Waals surface area contributed by atoms with E-state index in [2.05, 4.69) is 16.9 Å². The van der Waals surface area contributed by atoms with Crippen LogP contribution in [0.4, 0.5) is 5.69 Å². The number of hydrazine groups is 1. The Morgan fingerprint density at radius 2 is 1.92 bits per heavy atom. The first-order chi connectivity index (χ1) is 11.6. The molecule has 2 N–H and O–H groups in total. The zero-order valence-corrected chi connectivity index (χ0v) is 13.7. The van der Waals surface area contributed by atoms with Crippen LogP contribution in [0, 0.1) is 6.92 Å². The normalized spacial score (nSPS) is 13.1. The second kappa shape index (κ2) is 7.17. The molecule has 0 spiro atoms. The van der Waals surface area contributed by atoms with E-state index in [4.69, 9.17) is 0 Å². The van der Waals surface area contributed by atoms with Gasteiger partial charge in [-0.15, -0.1) is 0 Å². The Balaban J connectivity index is 1.56. The maximum absolute atomic E-state index is 12.2. The number of anilines is 1. The van der Waals surface area contributed by atoms with Crippen molar-refractivity contribution in [1.82, 2.24) is 10.9 Å². The summed E-state index contributed by atoms with van der Waals surface area (Å²) in [5.41, 5.74) is 8.86. The fourth-order valence-electron chi connectivity index (χ4n) is 2.97. The summed E-state index contributed by atoms with van der Waals surface area (Å²) in [7, 11) is 0. The predicted molar refractivity (Wildman–Crippen MR) is 93.8 cm³/mol. The molecule has 0 aromatic heterocycles. The monoisotopic (exact) mass is 323 g/mol. The van der Waals surface area contributed by atoms with Gasteiger partial charge in [-0.1, -0.05) is 35.9 Å². The molecule has 0 aliphatic carbocycles. The quantitative estimate of drug-likeness (QED) is 0.852. The Hall–Kier alpha value is -2.82. The fraction of sp³-hybridized carbons (Fsp3) is 0.263. The van der Waals surface area contributed by atoms with Crippen LogP contribution in [0.3, 0.4) is 0 Å². The molecule has 2 amide bonds. The molecule has 0 atom stereocenters. The first-order valence-corrected chi connectivity index (χ1v) is 8.12. The number of rotatable bonds is 3. The summed E-state index contributed by atoms with van der Waals surface area (Å²) in [5.74, 6) is -0.543. The molecule has 3 rings (SSSR count). The van der Waals surface area contributed by atoms with E-state index in [1.165, 1.54) is 5.56 Å². The van der Waals surface area contributed by atoms with E-state index >= 15 is 0 Å². The molecule has 0 unspecified atom stereocenters. The summed E-state index contributed by atoms with van der Waals surface area (Å²) in [6.07, 6.45) is 2.07. The van der Waals surface area contributed by atoms with E-state index in [9.17, 15) is 9.59 Å². The molecule has 0 saturated heterocycles. The first kappa shape index (κ1) is 16.1. The molecule has 0 saturated carbocycles. The zero-order valence-electron chi connectivity index (χ0n) is 13.7. The van der Waals surface area contributed by atoms with Crippen molar-refractivity contribution in [3.8, 4) is 0 Å². The lowest BCUT2D eigenvalue weighted by molar-refractivity contribution is -0.120. The van der Waals surface area contributed by atoms with Crippen molar-refractivity contribution in [2.45, 2.75) is 19.8 Å². The van der Waals surface area contributed by atoms with Crippen molar-refractivity contribution in [2.24, 2.45) is 0 Å². The molecule has 124 valence electrons. The van der Waals surface area contributed by atoms with Gasteiger partial charge >= 0.3 is 0 Å². The lowest BCUT2D eigenvalue weighted by atomic mass is 10.0. The van der Waals surface area contributed by atoms with Gasteiger partial charge in [0.15, 0.2) is 0 Å². The van der Waals surface area contributed by atoms with Gasteiger partial charge in [-0.05, 0) is 43.5 Å². The second-order valence-corrected chi connectivity index (χ2v) is 6.03. The van der Waals surface area contributed by atoms with Gasteiger partial charge in [0.25, 0.3) is 11.8 Å². The smallest absolute Gasteiger partial charge is 0.269 e. The van der Waals surface area contributed by atoms with Gasteiger partial charge < -0.3 is 4.90 Å². The van der Waals surface area contributed by atoms with Crippen molar-refractivity contribution in [1.29, 1.82) is 0 Å². The minimum atomic E-state index is -0.314. The van der Waals surface area contributed by atoms with Gasteiger partial charge in [0, 0.05) is 17.8 Å².